The fourth-order valence-electron chi connectivity index (χ4n) is 1.52. The molecular weight excluding hydrogens is 234 g/mol. The van der Waals surface area contributed by atoms with Gasteiger partial charge in [-0.25, -0.2) is 9.59 Å². The molecule has 0 bridgehead atoms. The summed E-state index contributed by atoms with van der Waals surface area (Å²) in [6, 6.07) is 8.75. The zero-order valence-corrected chi connectivity index (χ0v) is 9.96. The fraction of sp³-hybridized carbons (Fsp3) is 0.231. The standard InChI is InChI=1S/C13H13NO4/c1-9-10(2)14(18-12(9)15)13(16)17-8-11-6-4-3-5-7-11/h3-7,10H,1,8H2,2H3/t10-/m0/s1. The quantitative estimate of drug-likeness (QED) is 0.750. The van der Waals surface area contributed by atoms with Crippen molar-refractivity contribution in [2.24, 2.45) is 0 Å². The van der Waals surface area contributed by atoms with Gasteiger partial charge in [-0.1, -0.05) is 36.9 Å². The number of benzene rings is 1. The number of carbonyl (C=O) groups is 2. The van der Waals surface area contributed by atoms with Crippen molar-refractivity contribution in [3.05, 3.63) is 48.0 Å². The Kier molecular flexibility index (Phi) is 3.32. The molecule has 0 aliphatic carbocycles. The van der Waals surface area contributed by atoms with E-state index >= 15 is 0 Å². The maximum absolute atomic E-state index is 11.7. The van der Waals surface area contributed by atoms with Crippen LogP contribution in [0.4, 0.5) is 4.79 Å². The number of rotatable bonds is 2. The van der Waals surface area contributed by atoms with Crippen molar-refractivity contribution in [2.75, 3.05) is 0 Å². The first-order valence-electron chi connectivity index (χ1n) is 5.50. The molecule has 1 heterocycles. The molecule has 1 aromatic rings. The van der Waals surface area contributed by atoms with E-state index in [1.165, 1.54) is 0 Å². The molecule has 18 heavy (non-hydrogen) atoms. The van der Waals surface area contributed by atoms with Gasteiger partial charge >= 0.3 is 12.1 Å². The first-order valence-corrected chi connectivity index (χ1v) is 5.50. The van der Waals surface area contributed by atoms with E-state index in [1.54, 1.807) is 6.92 Å². The zero-order valence-electron chi connectivity index (χ0n) is 9.96. The molecule has 0 radical (unpaired) electrons. The van der Waals surface area contributed by atoms with E-state index in [0.29, 0.717) is 0 Å². The predicted molar refractivity (Wildman–Crippen MR) is 63.2 cm³/mol. The summed E-state index contributed by atoms with van der Waals surface area (Å²) in [6.07, 6.45) is -0.696. The summed E-state index contributed by atoms with van der Waals surface area (Å²) >= 11 is 0. The number of amides is 1. The third-order valence-corrected chi connectivity index (χ3v) is 2.68. The lowest BCUT2D eigenvalue weighted by molar-refractivity contribution is -0.166. The summed E-state index contributed by atoms with van der Waals surface area (Å²) in [6.45, 7) is 5.32. The van der Waals surface area contributed by atoms with Gasteiger partial charge in [0, 0.05) is 0 Å². The molecule has 0 aromatic heterocycles. The monoisotopic (exact) mass is 247 g/mol. The predicted octanol–water partition coefficient (Wildman–Crippen LogP) is 2.04. The average molecular weight is 247 g/mol. The van der Waals surface area contributed by atoms with Crippen LogP contribution in [0.1, 0.15) is 12.5 Å². The summed E-state index contributed by atoms with van der Waals surface area (Å²) in [4.78, 5) is 27.7. The molecular formula is C13H13NO4. The largest absolute Gasteiger partial charge is 0.444 e. The van der Waals surface area contributed by atoms with Gasteiger partial charge in [-0.3, -0.25) is 0 Å². The first-order chi connectivity index (χ1) is 8.59. The van der Waals surface area contributed by atoms with Crippen molar-refractivity contribution in [1.82, 2.24) is 5.06 Å². The molecule has 2 rings (SSSR count). The molecule has 5 heteroatoms. The molecule has 0 saturated carbocycles. The van der Waals surface area contributed by atoms with E-state index in [1.807, 2.05) is 30.3 Å². The third kappa shape index (κ3) is 2.34. The van der Waals surface area contributed by atoms with Crippen LogP contribution in [-0.2, 0) is 21.0 Å². The molecule has 1 atom stereocenters. The SMILES string of the molecule is C=C1C(=O)ON(C(=O)OCc2ccccc2)[C@H]1C. The highest BCUT2D eigenvalue weighted by atomic mass is 16.8. The van der Waals surface area contributed by atoms with Crippen molar-refractivity contribution in [2.45, 2.75) is 19.6 Å². The van der Waals surface area contributed by atoms with Crippen molar-refractivity contribution in [3.63, 3.8) is 0 Å². The lowest BCUT2D eigenvalue weighted by atomic mass is 10.2. The minimum atomic E-state index is -0.696. The van der Waals surface area contributed by atoms with Gasteiger partial charge in [-0.15, -0.1) is 5.06 Å². The number of carbonyl (C=O) groups excluding carboxylic acids is 2. The Morgan fingerprint density at radius 3 is 2.67 bits per heavy atom. The Hall–Kier alpha value is -2.30. The topological polar surface area (TPSA) is 55.8 Å². The Morgan fingerprint density at radius 1 is 1.44 bits per heavy atom. The Morgan fingerprint density at radius 2 is 2.11 bits per heavy atom. The number of nitrogens with zero attached hydrogens (tertiary/aromatic N) is 1. The molecule has 94 valence electrons. The second kappa shape index (κ2) is 4.91. The van der Waals surface area contributed by atoms with Gasteiger partial charge in [0.2, 0.25) is 0 Å². The van der Waals surface area contributed by atoms with E-state index in [2.05, 4.69) is 6.58 Å². The molecule has 1 saturated heterocycles. The van der Waals surface area contributed by atoms with Crippen LogP contribution in [0.3, 0.4) is 0 Å². The van der Waals surface area contributed by atoms with Crippen molar-refractivity contribution >= 4 is 12.1 Å². The summed E-state index contributed by atoms with van der Waals surface area (Å²) in [5, 5.41) is 0.896. The minimum Gasteiger partial charge on any atom is -0.442 e. The summed E-state index contributed by atoms with van der Waals surface area (Å²) in [5.74, 6) is -0.598. The van der Waals surface area contributed by atoms with Crippen molar-refractivity contribution in [1.29, 1.82) is 0 Å². The second-order valence-corrected chi connectivity index (χ2v) is 3.95. The maximum Gasteiger partial charge on any atom is 0.444 e. The molecule has 1 amide bonds. The lowest BCUT2D eigenvalue weighted by Gasteiger charge is -2.17. The molecule has 0 spiro atoms. The number of hydrogen-bond donors (Lipinski definition) is 0. The first kappa shape index (κ1) is 12.2. The van der Waals surface area contributed by atoms with Gasteiger partial charge in [0.05, 0.1) is 5.57 Å². The normalized spacial score (nSPS) is 18.7. The Bertz CT molecular complexity index is 483. The molecule has 1 fully saturated rings. The second-order valence-electron chi connectivity index (χ2n) is 3.95. The molecule has 5 nitrogen and oxygen atoms in total. The van der Waals surface area contributed by atoms with Gasteiger partial charge in [0.1, 0.15) is 12.6 Å². The van der Waals surface area contributed by atoms with Crippen LogP contribution in [-0.4, -0.2) is 23.2 Å². The van der Waals surface area contributed by atoms with Crippen molar-refractivity contribution < 1.29 is 19.2 Å². The summed E-state index contributed by atoms with van der Waals surface area (Å²) in [5.41, 5.74) is 1.11. The Labute approximate surface area is 105 Å². The Balaban J connectivity index is 1.93. The number of hydroxylamine groups is 2. The number of ether oxygens (including phenoxy) is 1. The number of hydrogen-bond acceptors (Lipinski definition) is 4. The van der Waals surface area contributed by atoms with Crippen molar-refractivity contribution in [3.8, 4) is 0 Å². The van der Waals surface area contributed by atoms with Gasteiger partial charge < -0.3 is 9.57 Å². The lowest BCUT2D eigenvalue weighted by Crippen LogP contribution is -2.33. The van der Waals surface area contributed by atoms with Crippen LogP contribution >= 0.6 is 0 Å². The van der Waals surface area contributed by atoms with E-state index in [0.717, 1.165) is 10.6 Å². The van der Waals surface area contributed by atoms with Crippen LogP contribution in [0.15, 0.2) is 42.5 Å². The van der Waals surface area contributed by atoms with Crippen LogP contribution < -0.4 is 0 Å². The smallest absolute Gasteiger partial charge is 0.442 e. The third-order valence-electron chi connectivity index (χ3n) is 2.68. The summed E-state index contributed by atoms with van der Waals surface area (Å²) in [7, 11) is 0. The van der Waals surface area contributed by atoms with Crippen LogP contribution in [0.25, 0.3) is 0 Å². The maximum atomic E-state index is 11.7. The zero-order chi connectivity index (χ0) is 13.1. The highest BCUT2D eigenvalue weighted by Crippen LogP contribution is 2.21. The minimum absolute atomic E-state index is 0.132. The van der Waals surface area contributed by atoms with E-state index in [9.17, 15) is 9.59 Å². The van der Waals surface area contributed by atoms with E-state index in [-0.39, 0.29) is 12.2 Å². The molecule has 1 aliphatic rings. The van der Waals surface area contributed by atoms with E-state index < -0.39 is 18.1 Å². The fourth-order valence-corrected chi connectivity index (χ4v) is 1.52. The van der Waals surface area contributed by atoms with Gasteiger partial charge in [0.15, 0.2) is 0 Å². The molecule has 0 unspecified atom stereocenters. The molecule has 1 aromatic carbocycles. The summed E-state index contributed by atoms with van der Waals surface area (Å²) < 4.78 is 5.05. The average Bonchev–Trinajstić information content (AvgIpc) is 2.65. The molecule has 0 N–H and O–H groups in total. The molecule has 1 aliphatic heterocycles. The van der Waals surface area contributed by atoms with Crippen LogP contribution in [0.5, 0.6) is 0 Å². The highest BCUT2D eigenvalue weighted by molar-refractivity contribution is 5.93. The highest BCUT2D eigenvalue weighted by Gasteiger charge is 2.38. The van der Waals surface area contributed by atoms with Gasteiger partial charge in [-0.2, -0.15) is 0 Å². The van der Waals surface area contributed by atoms with Crippen LogP contribution in [0, 0.1) is 0 Å². The van der Waals surface area contributed by atoms with E-state index in [4.69, 9.17) is 9.57 Å². The van der Waals surface area contributed by atoms with Gasteiger partial charge in [0.25, 0.3) is 0 Å². The van der Waals surface area contributed by atoms with Gasteiger partial charge in [-0.05, 0) is 12.5 Å². The van der Waals surface area contributed by atoms with Crippen LogP contribution in [0.2, 0.25) is 0 Å².